The molecule has 0 heterocycles. The first-order valence-electron chi connectivity index (χ1n) is 6.76. The summed E-state index contributed by atoms with van der Waals surface area (Å²) < 4.78 is 5.29. The topological polar surface area (TPSA) is 24.5 Å². The van der Waals surface area contributed by atoms with Gasteiger partial charge in [0.1, 0.15) is 0 Å². The molecule has 0 saturated carbocycles. The number of nitrogens with zero attached hydrogens (tertiary/aromatic N) is 1. The maximum Gasteiger partial charge on any atom is 0.168 e. The number of thiocarbonyl (C=S) groups is 1. The van der Waals surface area contributed by atoms with Gasteiger partial charge in [-0.15, -0.1) is 0 Å². The molecule has 0 rings (SSSR count). The van der Waals surface area contributed by atoms with Gasteiger partial charge in [-0.1, -0.05) is 20.3 Å². The molecule has 0 aliphatic carbocycles. The summed E-state index contributed by atoms with van der Waals surface area (Å²) in [5, 5.41) is 4.18. The van der Waals surface area contributed by atoms with Crippen molar-refractivity contribution in [3.63, 3.8) is 0 Å². The average Bonchev–Trinajstić information content (AvgIpc) is 2.34. The molecule has 0 fully saturated rings. The highest BCUT2D eigenvalue weighted by atomic mass is 32.1. The molecular weight excluding hydrogens is 232 g/mol. The van der Waals surface area contributed by atoms with Crippen LogP contribution in [-0.2, 0) is 4.74 Å². The lowest BCUT2D eigenvalue weighted by Gasteiger charge is -2.27. The first-order valence-corrected chi connectivity index (χ1v) is 7.16. The third-order valence-electron chi connectivity index (χ3n) is 2.84. The predicted octanol–water partition coefficient (Wildman–Crippen LogP) is 2.66. The fourth-order valence-electron chi connectivity index (χ4n) is 1.49. The lowest BCUT2D eigenvalue weighted by Crippen LogP contribution is -2.42. The van der Waals surface area contributed by atoms with Crippen LogP contribution >= 0.6 is 12.2 Å². The number of hydrogen-bond acceptors (Lipinski definition) is 2. The maximum absolute atomic E-state index is 5.39. The van der Waals surface area contributed by atoms with E-state index < -0.39 is 0 Å². The summed E-state index contributed by atoms with van der Waals surface area (Å²) >= 11 is 5.39. The summed E-state index contributed by atoms with van der Waals surface area (Å²) in [4.78, 5) is 2.24. The van der Waals surface area contributed by atoms with E-state index in [0.717, 1.165) is 44.4 Å². The molecule has 1 unspecified atom stereocenters. The van der Waals surface area contributed by atoms with Crippen molar-refractivity contribution in [3.8, 4) is 0 Å². The fraction of sp³-hybridized carbons (Fsp3) is 0.923. The molecular formula is C13H28N2OS. The van der Waals surface area contributed by atoms with Gasteiger partial charge in [0.25, 0.3) is 0 Å². The smallest absolute Gasteiger partial charge is 0.168 e. The van der Waals surface area contributed by atoms with Gasteiger partial charge in [0, 0.05) is 32.8 Å². The standard InChI is InChI=1S/C13H28N2OS/c1-5-12(4)11-15(6-2)13(17)14-9-8-10-16-7-3/h12H,5-11H2,1-4H3,(H,14,17). The zero-order chi connectivity index (χ0) is 13.1. The van der Waals surface area contributed by atoms with Crippen molar-refractivity contribution in [2.45, 2.75) is 40.5 Å². The molecule has 0 aromatic heterocycles. The Balaban J connectivity index is 3.76. The molecule has 4 heteroatoms. The minimum atomic E-state index is 0.693. The molecule has 0 aliphatic rings. The molecule has 0 radical (unpaired) electrons. The van der Waals surface area contributed by atoms with E-state index in [1.165, 1.54) is 6.42 Å². The second kappa shape index (κ2) is 10.8. The minimum Gasteiger partial charge on any atom is -0.382 e. The number of hydrogen-bond donors (Lipinski definition) is 1. The van der Waals surface area contributed by atoms with Crippen LogP contribution in [0.2, 0.25) is 0 Å². The van der Waals surface area contributed by atoms with E-state index in [2.05, 4.69) is 31.0 Å². The third-order valence-corrected chi connectivity index (χ3v) is 3.25. The monoisotopic (exact) mass is 260 g/mol. The van der Waals surface area contributed by atoms with Crippen molar-refractivity contribution in [3.05, 3.63) is 0 Å². The van der Waals surface area contributed by atoms with Gasteiger partial charge in [0.05, 0.1) is 0 Å². The van der Waals surface area contributed by atoms with Crippen molar-refractivity contribution in [1.29, 1.82) is 0 Å². The summed E-state index contributed by atoms with van der Waals surface area (Å²) in [6.07, 6.45) is 2.21. The molecule has 0 aromatic carbocycles. The Bertz CT molecular complexity index is 200. The highest BCUT2D eigenvalue weighted by molar-refractivity contribution is 7.80. The molecule has 17 heavy (non-hydrogen) atoms. The third kappa shape index (κ3) is 8.38. The Morgan fingerprint density at radius 2 is 2.06 bits per heavy atom. The lowest BCUT2D eigenvalue weighted by atomic mass is 10.1. The lowest BCUT2D eigenvalue weighted by molar-refractivity contribution is 0.145. The Labute approximate surface area is 112 Å². The van der Waals surface area contributed by atoms with Crippen LogP contribution in [0.3, 0.4) is 0 Å². The van der Waals surface area contributed by atoms with Crippen LogP contribution < -0.4 is 5.32 Å². The van der Waals surface area contributed by atoms with E-state index in [-0.39, 0.29) is 0 Å². The van der Waals surface area contributed by atoms with Crippen molar-refractivity contribution in [1.82, 2.24) is 10.2 Å². The summed E-state index contributed by atoms with van der Waals surface area (Å²) in [7, 11) is 0. The first-order chi connectivity index (χ1) is 8.15. The van der Waals surface area contributed by atoms with Gasteiger partial charge < -0.3 is 15.0 Å². The predicted molar refractivity (Wildman–Crippen MR) is 78.4 cm³/mol. The van der Waals surface area contributed by atoms with E-state index in [4.69, 9.17) is 17.0 Å². The Hall–Kier alpha value is -0.350. The summed E-state index contributed by atoms with van der Waals surface area (Å²) in [5.41, 5.74) is 0. The molecule has 1 atom stereocenters. The van der Waals surface area contributed by atoms with E-state index in [0.29, 0.717) is 5.92 Å². The van der Waals surface area contributed by atoms with Gasteiger partial charge in [-0.2, -0.15) is 0 Å². The largest absolute Gasteiger partial charge is 0.382 e. The number of rotatable bonds is 9. The van der Waals surface area contributed by atoms with Gasteiger partial charge in [-0.05, 0) is 38.4 Å². The highest BCUT2D eigenvalue weighted by Gasteiger charge is 2.09. The highest BCUT2D eigenvalue weighted by Crippen LogP contribution is 2.04. The second-order valence-corrected chi connectivity index (χ2v) is 4.72. The van der Waals surface area contributed by atoms with Gasteiger partial charge >= 0.3 is 0 Å². The molecule has 0 saturated heterocycles. The number of nitrogens with one attached hydrogen (secondary N) is 1. The van der Waals surface area contributed by atoms with E-state index >= 15 is 0 Å². The van der Waals surface area contributed by atoms with Crippen LogP contribution in [-0.4, -0.2) is 42.9 Å². The second-order valence-electron chi connectivity index (χ2n) is 4.33. The molecule has 3 nitrogen and oxygen atoms in total. The minimum absolute atomic E-state index is 0.693. The number of ether oxygens (including phenoxy) is 1. The van der Waals surface area contributed by atoms with Crippen LogP contribution in [0.15, 0.2) is 0 Å². The molecule has 102 valence electrons. The zero-order valence-electron chi connectivity index (χ0n) is 11.8. The van der Waals surface area contributed by atoms with E-state index in [1.54, 1.807) is 0 Å². The van der Waals surface area contributed by atoms with Crippen LogP contribution in [0.5, 0.6) is 0 Å². The van der Waals surface area contributed by atoms with Gasteiger partial charge in [0.2, 0.25) is 0 Å². The molecule has 0 aromatic rings. The summed E-state index contributed by atoms with van der Waals surface area (Å²) in [6, 6.07) is 0. The van der Waals surface area contributed by atoms with E-state index in [1.807, 2.05) is 6.92 Å². The van der Waals surface area contributed by atoms with Crippen LogP contribution in [0.4, 0.5) is 0 Å². The Kier molecular flexibility index (Phi) is 10.6. The van der Waals surface area contributed by atoms with E-state index in [9.17, 15) is 0 Å². The quantitative estimate of drug-likeness (QED) is 0.509. The molecule has 0 bridgehead atoms. The molecule has 1 N–H and O–H groups in total. The summed E-state index contributed by atoms with van der Waals surface area (Å²) in [5.74, 6) is 0.693. The van der Waals surface area contributed by atoms with Gasteiger partial charge in [-0.25, -0.2) is 0 Å². The van der Waals surface area contributed by atoms with Crippen LogP contribution in [0, 0.1) is 5.92 Å². The fourth-order valence-corrected chi connectivity index (χ4v) is 1.79. The maximum atomic E-state index is 5.39. The normalized spacial score (nSPS) is 12.2. The summed E-state index contributed by atoms with van der Waals surface area (Å²) in [6.45, 7) is 13.2. The van der Waals surface area contributed by atoms with Crippen LogP contribution in [0.1, 0.15) is 40.5 Å². The van der Waals surface area contributed by atoms with Crippen LogP contribution in [0.25, 0.3) is 0 Å². The Morgan fingerprint density at radius 3 is 2.59 bits per heavy atom. The Morgan fingerprint density at radius 1 is 1.35 bits per heavy atom. The van der Waals surface area contributed by atoms with Gasteiger partial charge in [-0.3, -0.25) is 0 Å². The van der Waals surface area contributed by atoms with Crippen molar-refractivity contribution < 1.29 is 4.74 Å². The zero-order valence-corrected chi connectivity index (χ0v) is 12.6. The average molecular weight is 260 g/mol. The van der Waals surface area contributed by atoms with Crippen molar-refractivity contribution in [2.75, 3.05) is 32.8 Å². The molecule has 0 spiro atoms. The van der Waals surface area contributed by atoms with Gasteiger partial charge in [0.15, 0.2) is 5.11 Å². The van der Waals surface area contributed by atoms with Crippen molar-refractivity contribution >= 4 is 17.3 Å². The molecule has 0 amide bonds. The first kappa shape index (κ1) is 16.6. The van der Waals surface area contributed by atoms with Crippen molar-refractivity contribution in [2.24, 2.45) is 5.92 Å². The SMILES string of the molecule is CCOCCCNC(=S)N(CC)CC(C)CC. The molecule has 0 aliphatic heterocycles.